The zero-order chi connectivity index (χ0) is 19.3. The van der Waals surface area contributed by atoms with E-state index in [1.165, 1.54) is 0 Å². The Morgan fingerprint density at radius 1 is 1.11 bits per heavy atom. The fourth-order valence-electron chi connectivity index (χ4n) is 3.24. The van der Waals surface area contributed by atoms with Gasteiger partial charge in [-0.3, -0.25) is 4.79 Å². The zero-order valence-electron chi connectivity index (χ0n) is 15.8. The average molecular weight is 378 g/mol. The maximum Gasteiger partial charge on any atom is 0.227 e. The number of hydrogen-bond acceptors (Lipinski definition) is 7. The zero-order valence-corrected chi connectivity index (χ0v) is 15.8. The minimum Gasteiger partial charge on any atom is -0.339 e. The fraction of sp³-hybridized carbons (Fsp3) is 0.350. The Balaban J connectivity index is 1.28. The quantitative estimate of drug-likeness (QED) is 0.672. The molecule has 8 heteroatoms. The molecule has 2 aromatic heterocycles. The Bertz CT molecular complexity index is 935. The van der Waals surface area contributed by atoms with Gasteiger partial charge in [-0.25, -0.2) is 9.97 Å². The molecule has 1 fully saturated rings. The lowest BCUT2D eigenvalue weighted by Gasteiger charge is -2.34. The summed E-state index contributed by atoms with van der Waals surface area (Å²) in [4.78, 5) is 29.4. The van der Waals surface area contributed by atoms with E-state index in [0.29, 0.717) is 43.6 Å². The van der Waals surface area contributed by atoms with Crippen LogP contribution in [0, 0.1) is 6.92 Å². The van der Waals surface area contributed by atoms with Gasteiger partial charge in [-0.1, -0.05) is 28.9 Å². The molecule has 144 valence electrons. The van der Waals surface area contributed by atoms with E-state index < -0.39 is 0 Å². The van der Waals surface area contributed by atoms with Crippen LogP contribution in [0.1, 0.15) is 17.9 Å². The SMILES string of the molecule is Cc1cccc(-c2noc(CCC(=O)N3CCN(c4ncccn4)CC3)n2)c1. The van der Waals surface area contributed by atoms with Crippen LogP contribution in [-0.4, -0.2) is 57.1 Å². The Morgan fingerprint density at radius 2 is 1.89 bits per heavy atom. The molecule has 3 heterocycles. The van der Waals surface area contributed by atoms with Crippen LogP contribution in [0.5, 0.6) is 0 Å². The number of aromatic nitrogens is 4. The molecular formula is C20H22N6O2. The molecule has 4 rings (SSSR count). The number of aryl methyl sites for hydroxylation is 2. The molecule has 1 aliphatic heterocycles. The second-order valence-electron chi connectivity index (χ2n) is 6.80. The first-order valence-corrected chi connectivity index (χ1v) is 9.38. The first kappa shape index (κ1) is 18.1. The van der Waals surface area contributed by atoms with Gasteiger partial charge in [0.05, 0.1) is 0 Å². The van der Waals surface area contributed by atoms with Crippen molar-refractivity contribution < 1.29 is 9.32 Å². The number of nitrogens with zero attached hydrogens (tertiary/aromatic N) is 6. The van der Waals surface area contributed by atoms with Crippen LogP contribution >= 0.6 is 0 Å². The summed E-state index contributed by atoms with van der Waals surface area (Å²) < 4.78 is 5.31. The summed E-state index contributed by atoms with van der Waals surface area (Å²) in [5.74, 6) is 1.86. The molecule has 0 spiro atoms. The van der Waals surface area contributed by atoms with Crippen molar-refractivity contribution >= 4 is 11.9 Å². The first-order valence-electron chi connectivity index (χ1n) is 9.38. The van der Waals surface area contributed by atoms with Gasteiger partial charge in [0, 0.05) is 57.0 Å². The largest absolute Gasteiger partial charge is 0.339 e. The van der Waals surface area contributed by atoms with Crippen molar-refractivity contribution in [2.45, 2.75) is 19.8 Å². The Labute approximate surface area is 163 Å². The second kappa shape index (κ2) is 8.16. The lowest BCUT2D eigenvalue weighted by Crippen LogP contribution is -2.49. The molecule has 0 aliphatic carbocycles. The number of amides is 1. The molecule has 0 N–H and O–H groups in total. The highest BCUT2D eigenvalue weighted by molar-refractivity contribution is 5.76. The van der Waals surface area contributed by atoms with E-state index in [4.69, 9.17) is 4.52 Å². The third-order valence-electron chi connectivity index (χ3n) is 4.76. The number of carbonyl (C=O) groups is 1. The van der Waals surface area contributed by atoms with Gasteiger partial charge in [0.15, 0.2) is 0 Å². The number of piperazine rings is 1. The van der Waals surface area contributed by atoms with E-state index >= 15 is 0 Å². The predicted octanol–water partition coefficient (Wildman–Crippen LogP) is 2.12. The van der Waals surface area contributed by atoms with Crippen LogP contribution in [0.25, 0.3) is 11.4 Å². The molecule has 0 saturated carbocycles. The normalized spacial score (nSPS) is 14.3. The molecule has 8 nitrogen and oxygen atoms in total. The van der Waals surface area contributed by atoms with Crippen LogP contribution in [0.3, 0.4) is 0 Å². The van der Waals surface area contributed by atoms with E-state index in [1.807, 2.05) is 36.1 Å². The lowest BCUT2D eigenvalue weighted by molar-refractivity contribution is -0.131. The van der Waals surface area contributed by atoms with Gasteiger partial charge >= 0.3 is 0 Å². The molecule has 0 bridgehead atoms. The van der Waals surface area contributed by atoms with Crippen molar-refractivity contribution in [3.8, 4) is 11.4 Å². The summed E-state index contributed by atoms with van der Waals surface area (Å²) in [7, 11) is 0. The maximum absolute atomic E-state index is 12.5. The molecule has 0 atom stereocenters. The number of benzene rings is 1. The number of hydrogen-bond donors (Lipinski definition) is 0. The van der Waals surface area contributed by atoms with Crippen molar-refractivity contribution in [3.63, 3.8) is 0 Å². The summed E-state index contributed by atoms with van der Waals surface area (Å²) in [6.07, 6.45) is 4.27. The van der Waals surface area contributed by atoms with Crippen molar-refractivity contribution in [2.24, 2.45) is 0 Å². The maximum atomic E-state index is 12.5. The standard InChI is InChI=1S/C20H22N6O2/c1-15-4-2-5-16(14-15)19-23-17(28-24-19)6-7-18(27)25-10-12-26(13-11-25)20-21-8-3-9-22-20/h2-5,8-9,14H,6-7,10-13H2,1H3. The number of anilines is 1. The highest BCUT2D eigenvalue weighted by atomic mass is 16.5. The molecule has 1 saturated heterocycles. The Morgan fingerprint density at radius 3 is 2.64 bits per heavy atom. The highest BCUT2D eigenvalue weighted by Crippen LogP contribution is 2.18. The van der Waals surface area contributed by atoms with Crippen LogP contribution in [0.4, 0.5) is 5.95 Å². The molecular weight excluding hydrogens is 356 g/mol. The summed E-state index contributed by atoms with van der Waals surface area (Å²) in [6, 6.07) is 9.74. The molecule has 0 unspecified atom stereocenters. The molecule has 3 aromatic rings. The van der Waals surface area contributed by atoms with Gasteiger partial charge in [0.1, 0.15) is 0 Å². The van der Waals surface area contributed by atoms with E-state index in [-0.39, 0.29) is 5.91 Å². The van der Waals surface area contributed by atoms with E-state index in [2.05, 4.69) is 25.0 Å². The topological polar surface area (TPSA) is 88.3 Å². The van der Waals surface area contributed by atoms with Gasteiger partial charge in [-0.05, 0) is 19.1 Å². The van der Waals surface area contributed by atoms with Crippen LogP contribution in [0.15, 0.2) is 47.2 Å². The Hall–Kier alpha value is -3.29. The van der Waals surface area contributed by atoms with Crippen LogP contribution in [-0.2, 0) is 11.2 Å². The van der Waals surface area contributed by atoms with Gasteiger partial charge in [0.2, 0.25) is 23.6 Å². The third kappa shape index (κ3) is 4.16. The van der Waals surface area contributed by atoms with E-state index in [0.717, 1.165) is 24.2 Å². The van der Waals surface area contributed by atoms with Gasteiger partial charge in [0.25, 0.3) is 0 Å². The van der Waals surface area contributed by atoms with Crippen molar-refractivity contribution in [2.75, 3.05) is 31.1 Å². The van der Waals surface area contributed by atoms with Gasteiger partial charge < -0.3 is 14.3 Å². The summed E-state index contributed by atoms with van der Waals surface area (Å²) in [5, 5.41) is 4.03. The Kier molecular flexibility index (Phi) is 5.27. The predicted molar refractivity (Wildman–Crippen MR) is 104 cm³/mol. The van der Waals surface area contributed by atoms with Crippen LogP contribution in [0.2, 0.25) is 0 Å². The van der Waals surface area contributed by atoms with Crippen molar-refractivity contribution in [1.29, 1.82) is 0 Å². The summed E-state index contributed by atoms with van der Waals surface area (Å²) in [6.45, 7) is 4.80. The molecule has 1 aromatic carbocycles. The fourth-order valence-corrected chi connectivity index (χ4v) is 3.24. The highest BCUT2D eigenvalue weighted by Gasteiger charge is 2.22. The van der Waals surface area contributed by atoms with E-state index in [1.54, 1.807) is 18.5 Å². The lowest BCUT2D eigenvalue weighted by atomic mass is 10.1. The van der Waals surface area contributed by atoms with Crippen LogP contribution < -0.4 is 4.90 Å². The minimum absolute atomic E-state index is 0.101. The first-order chi connectivity index (χ1) is 13.7. The van der Waals surface area contributed by atoms with Crippen molar-refractivity contribution in [1.82, 2.24) is 25.0 Å². The number of carbonyl (C=O) groups excluding carboxylic acids is 1. The molecule has 28 heavy (non-hydrogen) atoms. The monoisotopic (exact) mass is 378 g/mol. The summed E-state index contributed by atoms with van der Waals surface area (Å²) >= 11 is 0. The smallest absolute Gasteiger partial charge is 0.227 e. The molecule has 1 aliphatic rings. The third-order valence-corrected chi connectivity index (χ3v) is 4.76. The van der Waals surface area contributed by atoms with E-state index in [9.17, 15) is 4.79 Å². The summed E-state index contributed by atoms with van der Waals surface area (Å²) in [5.41, 5.74) is 2.06. The average Bonchev–Trinajstić information content (AvgIpc) is 3.22. The number of rotatable bonds is 5. The molecule has 0 radical (unpaired) electrons. The minimum atomic E-state index is 0.101. The second-order valence-corrected chi connectivity index (χ2v) is 6.80. The molecule has 1 amide bonds. The van der Waals surface area contributed by atoms with Gasteiger partial charge in [-0.15, -0.1) is 0 Å². The van der Waals surface area contributed by atoms with Crippen molar-refractivity contribution in [3.05, 3.63) is 54.2 Å². The van der Waals surface area contributed by atoms with Gasteiger partial charge in [-0.2, -0.15) is 4.98 Å².